The van der Waals surface area contributed by atoms with E-state index in [4.69, 9.17) is 0 Å². The summed E-state index contributed by atoms with van der Waals surface area (Å²) in [6.45, 7) is 10.2. The average Bonchev–Trinajstić information content (AvgIpc) is 2.99. The Labute approximate surface area is 191 Å². The third kappa shape index (κ3) is 4.68. The Kier molecular flexibility index (Phi) is 6.56. The van der Waals surface area contributed by atoms with Crippen molar-refractivity contribution in [3.8, 4) is 0 Å². The Morgan fingerprint density at radius 3 is 2.62 bits per heavy atom. The van der Waals surface area contributed by atoms with Crippen molar-refractivity contribution >= 4 is 17.8 Å². The number of likely N-dealkylation sites (tertiary alicyclic amines) is 2. The van der Waals surface area contributed by atoms with E-state index in [1.54, 1.807) is 0 Å². The maximum absolute atomic E-state index is 13.4. The van der Waals surface area contributed by atoms with Crippen molar-refractivity contribution in [2.24, 2.45) is 5.92 Å². The predicted molar refractivity (Wildman–Crippen MR) is 123 cm³/mol. The summed E-state index contributed by atoms with van der Waals surface area (Å²) in [5.41, 5.74) is 1.37. The lowest BCUT2D eigenvalue weighted by Crippen LogP contribution is -2.56. The first-order valence-corrected chi connectivity index (χ1v) is 12.0. The molecule has 7 heteroatoms. The summed E-state index contributed by atoms with van der Waals surface area (Å²) in [5, 5.41) is 3.04. The second-order valence-corrected chi connectivity index (χ2v) is 10.2. The second kappa shape index (κ2) is 9.22. The number of nitrogens with one attached hydrogen (secondary N) is 1. The molecule has 1 N–H and O–H groups in total. The van der Waals surface area contributed by atoms with Crippen molar-refractivity contribution in [1.29, 1.82) is 0 Å². The minimum Gasteiger partial charge on any atom is -0.340 e. The quantitative estimate of drug-likeness (QED) is 0.715. The van der Waals surface area contributed by atoms with E-state index in [2.05, 4.69) is 24.1 Å². The van der Waals surface area contributed by atoms with Gasteiger partial charge in [-0.25, -0.2) is 4.79 Å². The molecule has 0 aliphatic carbocycles. The fourth-order valence-electron chi connectivity index (χ4n) is 5.45. The van der Waals surface area contributed by atoms with E-state index in [9.17, 15) is 14.4 Å². The molecule has 3 aliphatic rings. The van der Waals surface area contributed by atoms with Gasteiger partial charge < -0.3 is 15.1 Å². The SMILES string of the molecule is Cc1cccc(CC(=O)N2CCC[C@@H](N3C(=O)NC4(CCN(CC(C)C)CC4)C3=O)C2)c1. The molecular weight excluding hydrogens is 404 g/mol. The molecule has 1 atom stereocenters. The number of amides is 4. The molecule has 0 saturated carbocycles. The predicted octanol–water partition coefficient (Wildman–Crippen LogP) is 2.57. The smallest absolute Gasteiger partial charge is 0.325 e. The van der Waals surface area contributed by atoms with Gasteiger partial charge in [0.15, 0.2) is 0 Å². The highest BCUT2D eigenvalue weighted by atomic mass is 16.2. The molecular formula is C25H36N4O3. The van der Waals surface area contributed by atoms with Crippen LogP contribution in [0.3, 0.4) is 0 Å². The Hall–Kier alpha value is -2.41. The Morgan fingerprint density at radius 1 is 1.19 bits per heavy atom. The molecule has 0 radical (unpaired) electrons. The lowest BCUT2D eigenvalue weighted by molar-refractivity contribution is -0.139. The number of rotatable bonds is 5. The van der Waals surface area contributed by atoms with Crippen LogP contribution in [0.25, 0.3) is 0 Å². The summed E-state index contributed by atoms with van der Waals surface area (Å²) in [7, 11) is 0. The van der Waals surface area contributed by atoms with E-state index >= 15 is 0 Å². The number of urea groups is 1. The molecule has 3 aliphatic heterocycles. The Morgan fingerprint density at radius 2 is 1.94 bits per heavy atom. The van der Waals surface area contributed by atoms with E-state index in [0.29, 0.717) is 38.3 Å². The highest BCUT2D eigenvalue weighted by Crippen LogP contribution is 2.32. The summed E-state index contributed by atoms with van der Waals surface area (Å²) in [6.07, 6.45) is 3.22. The Balaban J connectivity index is 1.39. The summed E-state index contributed by atoms with van der Waals surface area (Å²) in [5.74, 6) is 0.550. The average molecular weight is 441 g/mol. The van der Waals surface area contributed by atoms with Crippen molar-refractivity contribution in [2.45, 2.75) is 64.5 Å². The van der Waals surface area contributed by atoms with Gasteiger partial charge in [0.2, 0.25) is 5.91 Å². The number of piperidine rings is 2. The van der Waals surface area contributed by atoms with Crippen LogP contribution in [-0.4, -0.2) is 76.8 Å². The number of aryl methyl sites for hydroxylation is 1. The molecule has 1 spiro atoms. The zero-order valence-electron chi connectivity index (χ0n) is 19.6. The van der Waals surface area contributed by atoms with Gasteiger partial charge in [-0.3, -0.25) is 14.5 Å². The van der Waals surface area contributed by atoms with Gasteiger partial charge in [0.1, 0.15) is 5.54 Å². The van der Waals surface area contributed by atoms with Crippen molar-refractivity contribution in [3.63, 3.8) is 0 Å². The molecule has 1 aromatic carbocycles. The van der Waals surface area contributed by atoms with Gasteiger partial charge in [-0.2, -0.15) is 0 Å². The number of nitrogens with zero attached hydrogens (tertiary/aromatic N) is 3. The minimum atomic E-state index is -0.765. The molecule has 32 heavy (non-hydrogen) atoms. The van der Waals surface area contributed by atoms with Crippen LogP contribution in [0.5, 0.6) is 0 Å². The number of imide groups is 1. The monoisotopic (exact) mass is 440 g/mol. The second-order valence-electron chi connectivity index (χ2n) is 10.2. The molecule has 4 amide bonds. The topological polar surface area (TPSA) is 73.0 Å². The molecule has 0 aromatic heterocycles. The number of hydrogen-bond donors (Lipinski definition) is 1. The molecule has 3 fully saturated rings. The largest absolute Gasteiger partial charge is 0.340 e. The van der Waals surface area contributed by atoms with Crippen LogP contribution in [0.4, 0.5) is 4.79 Å². The van der Waals surface area contributed by atoms with Gasteiger partial charge >= 0.3 is 6.03 Å². The molecule has 174 valence electrons. The standard InChI is InChI=1S/C25H36N4O3/c1-18(2)16-27-12-9-25(10-13-27)23(31)29(24(32)26-25)21-8-5-11-28(17-21)22(30)15-20-7-4-6-19(3)14-20/h4,6-7,14,18,21H,5,8-13,15-17H2,1-3H3,(H,26,32)/t21-/m1/s1. The van der Waals surface area contributed by atoms with E-state index in [-0.39, 0.29) is 23.9 Å². The highest BCUT2D eigenvalue weighted by Gasteiger charge is 2.54. The van der Waals surface area contributed by atoms with Crippen LogP contribution >= 0.6 is 0 Å². The first kappa shape index (κ1) is 22.8. The van der Waals surface area contributed by atoms with Crippen LogP contribution in [0.2, 0.25) is 0 Å². The molecule has 7 nitrogen and oxygen atoms in total. The van der Waals surface area contributed by atoms with Crippen molar-refractivity contribution in [2.75, 3.05) is 32.7 Å². The van der Waals surface area contributed by atoms with Crippen LogP contribution < -0.4 is 5.32 Å². The minimum absolute atomic E-state index is 0.0593. The van der Waals surface area contributed by atoms with Gasteiger partial charge in [-0.05, 0) is 44.1 Å². The number of carbonyl (C=O) groups is 3. The van der Waals surface area contributed by atoms with Crippen LogP contribution in [-0.2, 0) is 16.0 Å². The van der Waals surface area contributed by atoms with E-state index in [1.165, 1.54) is 4.90 Å². The number of benzene rings is 1. The number of hydrogen-bond acceptors (Lipinski definition) is 4. The zero-order valence-corrected chi connectivity index (χ0v) is 19.6. The molecule has 3 heterocycles. The van der Waals surface area contributed by atoms with Crippen LogP contribution in [0, 0.1) is 12.8 Å². The third-order valence-corrected chi connectivity index (χ3v) is 7.08. The normalized spacial score (nSPS) is 23.8. The molecule has 0 bridgehead atoms. The van der Waals surface area contributed by atoms with E-state index in [1.807, 2.05) is 36.1 Å². The fraction of sp³-hybridized carbons (Fsp3) is 0.640. The van der Waals surface area contributed by atoms with Gasteiger partial charge in [-0.15, -0.1) is 0 Å². The van der Waals surface area contributed by atoms with E-state index in [0.717, 1.165) is 43.6 Å². The third-order valence-electron chi connectivity index (χ3n) is 7.08. The maximum atomic E-state index is 13.4. The maximum Gasteiger partial charge on any atom is 0.325 e. The lowest BCUT2D eigenvalue weighted by atomic mass is 9.86. The summed E-state index contributed by atoms with van der Waals surface area (Å²) < 4.78 is 0. The summed E-state index contributed by atoms with van der Waals surface area (Å²) >= 11 is 0. The first-order valence-electron chi connectivity index (χ1n) is 12.0. The Bertz CT molecular complexity index is 876. The summed E-state index contributed by atoms with van der Waals surface area (Å²) in [4.78, 5) is 44.9. The van der Waals surface area contributed by atoms with Gasteiger partial charge in [-0.1, -0.05) is 43.7 Å². The first-order chi connectivity index (χ1) is 15.3. The van der Waals surface area contributed by atoms with Crippen molar-refractivity contribution in [1.82, 2.24) is 20.0 Å². The van der Waals surface area contributed by atoms with Crippen LogP contribution in [0.15, 0.2) is 24.3 Å². The van der Waals surface area contributed by atoms with Gasteiger partial charge in [0.25, 0.3) is 5.91 Å². The highest BCUT2D eigenvalue weighted by molar-refractivity contribution is 6.07. The molecule has 1 aromatic rings. The van der Waals surface area contributed by atoms with Gasteiger partial charge in [0, 0.05) is 32.7 Å². The van der Waals surface area contributed by atoms with E-state index < -0.39 is 5.54 Å². The molecule has 0 unspecified atom stereocenters. The number of carbonyl (C=O) groups excluding carboxylic acids is 3. The fourth-order valence-corrected chi connectivity index (χ4v) is 5.45. The lowest BCUT2D eigenvalue weighted by Gasteiger charge is -2.39. The van der Waals surface area contributed by atoms with Crippen molar-refractivity contribution in [3.05, 3.63) is 35.4 Å². The van der Waals surface area contributed by atoms with Gasteiger partial charge in [0.05, 0.1) is 12.5 Å². The molecule has 3 saturated heterocycles. The molecule has 4 rings (SSSR count). The summed E-state index contributed by atoms with van der Waals surface area (Å²) in [6, 6.07) is 7.46. The van der Waals surface area contributed by atoms with Crippen LogP contribution in [0.1, 0.15) is 50.7 Å². The zero-order chi connectivity index (χ0) is 22.9. The van der Waals surface area contributed by atoms with Crippen molar-refractivity contribution < 1.29 is 14.4 Å².